The molecule has 6 nitrogen and oxygen atoms in total. The summed E-state index contributed by atoms with van der Waals surface area (Å²) in [6.07, 6.45) is 1.55. The Morgan fingerprint density at radius 1 is 1.27 bits per heavy atom. The van der Waals surface area contributed by atoms with Crippen molar-refractivity contribution in [3.8, 4) is 5.75 Å². The van der Waals surface area contributed by atoms with Crippen LogP contribution < -0.4 is 5.11 Å². The maximum atomic E-state index is 11.7. The van der Waals surface area contributed by atoms with E-state index >= 15 is 0 Å². The number of nitrogens with zero attached hydrogens (tertiary/aromatic N) is 5. The molecule has 0 saturated heterocycles. The van der Waals surface area contributed by atoms with Gasteiger partial charge in [0.1, 0.15) is 0 Å². The first kappa shape index (κ1) is 23.3. The minimum atomic E-state index is -0.229. The molecule has 0 N–H and O–H groups in total. The van der Waals surface area contributed by atoms with Gasteiger partial charge in [0.05, 0.1) is 6.54 Å². The molecule has 1 rings (SSSR count). The van der Waals surface area contributed by atoms with E-state index in [0.717, 1.165) is 19.6 Å². The summed E-state index contributed by atoms with van der Waals surface area (Å²) in [7, 11) is 0. The molecule has 0 aromatic heterocycles. The van der Waals surface area contributed by atoms with E-state index in [-0.39, 0.29) is 27.8 Å². The summed E-state index contributed by atoms with van der Waals surface area (Å²) in [6, 6.07) is 3.02. The second-order valence-electron chi connectivity index (χ2n) is 3.96. The van der Waals surface area contributed by atoms with Crippen molar-refractivity contribution in [2.45, 2.75) is 13.8 Å². The molecular formula is C13H17Cl2CuN5O. The van der Waals surface area contributed by atoms with E-state index in [1.165, 1.54) is 11.0 Å². The zero-order chi connectivity index (χ0) is 16.3. The molecule has 0 amide bonds. The fourth-order valence-electron chi connectivity index (χ4n) is 1.58. The van der Waals surface area contributed by atoms with Crippen molar-refractivity contribution >= 4 is 29.4 Å². The van der Waals surface area contributed by atoms with Gasteiger partial charge in [-0.2, -0.15) is 0 Å². The molecule has 0 fully saturated rings. The minimum Gasteiger partial charge on any atom is -0.871 e. The second kappa shape index (κ2) is 13.7. The van der Waals surface area contributed by atoms with Gasteiger partial charge in [0.2, 0.25) is 0 Å². The molecule has 0 bridgehead atoms. The van der Waals surface area contributed by atoms with E-state index in [4.69, 9.17) is 34.3 Å². The smallest absolute Gasteiger partial charge is 0.871 e. The molecule has 0 heterocycles. The monoisotopic (exact) mass is 392 g/mol. The number of rotatable bonds is 6. The Morgan fingerprint density at radius 3 is 2.32 bits per heavy atom. The van der Waals surface area contributed by atoms with Crippen LogP contribution in [0.5, 0.6) is 5.75 Å². The molecule has 125 valence electrons. The van der Waals surface area contributed by atoms with Crippen LogP contribution >= 0.6 is 23.2 Å². The number of benzene rings is 1. The zero-order valence-electron chi connectivity index (χ0n) is 12.3. The van der Waals surface area contributed by atoms with E-state index in [9.17, 15) is 5.11 Å². The molecule has 0 atom stereocenters. The molecule has 0 aliphatic rings. The van der Waals surface area contributed by atoms with Crippen molar-refractivity contribution in [3.63, 3.8) is 0 Å². The summed E-state index contributed by atoms with van der Waals surface area (Å²) in [5, 5.41) is 12.3. The Morgan fingerprint density at radius 2 is 1.82 bits per heavy atom. The van der Waals surface area contributed by atoms with Gasteiger partial charge in [-0.25, -0.2) is 0 Å². The van der Waals surface area contributed by atoms with Crippen LogP contribution in [-0.2, 0) is 17.1 Å². The summed E-state index contributed by atoms with van der Waals surface area (Å²) in [4.78, 5) is 8.00. The first-order chi connectivity index (χ1) is 9.99. The molecule has 1 aromatic rings. The van der Waals surface area contributed by atoms with Gasteiger partial charge in [0.15, 0.2) is 0 Å². The summed E-state index contributed by atoms with van der Waals surface area (Å²) in [5.41, 5.74) is 13.9. The van der Waals surface area contributed by atoms with Gasteiger partial charge in [-0.1, -0.05) is 42.8 Å². The van der Waals surface area contributed by atoms with E-state index in [2.05, 4.69) is 23.7 Å². The Balaban J connectivity index is 0. The number of halogens is 2. The van der Waals surface area contributed by atoms with Crippen LogP contribution in [0.2, 0.25) is 10.0 Å². The van der Waals surface area contributed by atoms with Crippen molar-refractivity contribution in [1.82, 2.24) is 4.90 Å². The molecule has 1 radical (unpaired) electrons. The Kier molecular flexibility index (Phi) is 14.5. The van der Waals surface area contributed by atoms with Crippen molar-refractivity contribution in [2.75, 3.05) is 26.2 Å². The largest absolute Gasteiger partial charge is 2.00 e. The van der Waals surface area contributed by atoms with Crippen LogP contribution in [0.3, 0.4) is 0 Å². The van der Waals surface area contributed by atoms with E-state index in [1.54, 1.807) is 12.3 Å². The molecule has 0 unspecified atom stereocenters. The van der Waals surface area contributed by atoms with Crippen LogP contribution in [0.1, 0.15) is 19.4 Å². The van der Waals surface area contributed by atoms with Gasteiger partial charge in [-0.15, -0.1) is 0 Å². The average Bonchev–Trinajstić information content (AvgIpc) is 2.45. The van der Waals surface area contributed by atoms with Crippen LogP contribution in [0.4, 0.5) is 0 Å². The molecule has 1 aromatic carbocycles. The number of hydrogen-bond donors (Lipinski definition) is 0. The SMILES string of the molecule is CCN(CC)CCN=Cc1cc(Cl)cc(Cl)c1[O-].[Cu+2].[N-]=[N+]=[N-]. The Labute approximate surface area is 151 Å². The fraction of sp³-hybridized carbons (Fsp3) is 0.462. The second-order valence-corrected chi connectivity index (χ2v) is 4.80. The number of likely N-dealkylation sites (N-methyl/N-ethyl adjacent to an activating group) is 1. The van der Waals surface area contributed by atoms with Crippen LogP contribution in [0.25, 0.3) is 16.0 Å². The third kappa shape index (κ3) is 9.15. The fourth-order valence-corrected chi connectivity index (χ4v) is 2.09. The van der Waals surface area contributed by atoms with Crippen LogP contribution in [0.15, 0.2) is 17.1 Å². The zero-order valence-corrected chi connectivity index (χ0v) is 14.7. The van der Waals surface area contributed by atoms with E-state index in [1.807, 2.05) is 0 Å². The summed E-state index contributed by atoms with van der Waals surface area (Å²) < 4.78 is 0. The van der Waals surface area contributed by atoms with Crippen molar-refractivity contribution < 1.29 is 22.2 Å². The minimum absolute atomic E-state index is 0. The molecular weight excluding hydrogens is 377 g/mol. The van der Waals surface area contributed by atoms with Gasteiger partial charge in [0.25, 0.3) is 0 Å². The van der Waals surface area contributed by atoms with Crippen molar-refractivity contribution in [1.29, 1.82) is 0 Å². The van der Waals surface area contributed by atoms with Crippen molar-refractivity contribution in [3.05, 3.63) is 43.7 Å². The van der Waals surface area contributed by atoms with E-state index in [0.29, 0.717) is 17.1 Å². The maximum Gasteiger partial charge on any atom is 2.00 e. The first-order valence-electron chi connectivity index (χ1n) is 6.36. The molecule has 0 spiro atoms. The van der Waals surface area contributed by atoms with Crippen LogP contribution in [0, 0.1) is 0 Å². The van der Waals surface area contributed by atoms with Gasteiger partial charge < -0.3 is 21.1 Å². The predicted molar refractivity (Wildman–Crippen MR) is 86.2 cm³/mol. The number of hydrogen-bond acceptors (Lipinski definition) is 3. The average molecular weight is 394 g/mol. The molecule has 22 heavy (non-hydrogen) atoms. The number of aliphatic imine (C=N–C) groups is 1. The van der Waals surface area contributed by atoms with Gasteiger partial charge in [-0.05, 0) is 30.8 Å². The normalized spacial score (nSPS) is 9.86. The maximum absolute atomic E-state index is 11.7. The summed E-state index contributed by atoms with van der Waals surface area (Å²) >= 11 is 11.6. The van der Waals surface area contributed by atoms with Gasteiger partial charge >= 0.3 is 17.1 Å². The molecule has 0 aliphatic heterocycles. The topological polar surface area (TPSA) is 97.4 Å². The van der Waals surface area contributed by atoms with Crippen LogP contribution in [-0.4, -0.2) is 37.3 Å². The predicted octanol–water partition coefficient (Wildman–Crippen LogP) is 3.69. The van der Waals surface area contributed by atoms with E-state index < -0.39 is 0 Å². The molecule has 9 heteroatoms. The quantitative estimate of drug-likeness (QED) is 0.242. The Bertz CT molecular complexity index is 503. The molecule has 0 saturated carbocycles. The van der Waals surface area contributed by atoms with Crippen molar-refractivity contribution in [2.24, 2.45) is 4.99 Å². The Hall–Kier alpha value is -0.941. The standard InChI is InChI=1S/C13H18Cl2N2O.Cu.N3/c1-3-17(4-2)6-5-16-9-10-7-11(14)8-12(15)13(10)18;;1-3-2/h7-9,18H,3-6H2,1-2H3;;/q;+2;-1/p-1. The molecule has 0 aliphatic carbocycles. The third-order valence-electron chi connectivity index (χ3n) is 2.71. The van der Waals surface area contributed by atoms with Gasteiger partial charge in [-0.3, -0.25) is 9.90 Å². The summed E-state index contributed by atoms with van der Waals surface area (Å²) in [6.45, 7) is 7.76. The third-order valence-corrected chi connectivity index (χ3v) is 3.21. The first-order valence-corrected chi connectivity index (χ1v) is 7.12. The summed E-state index contributed by atoms with van der Waals surface area (Å²) in [5.74, 6) is -0.229. The van der Waals surface area contributed by atoms with Gasteiger partial charge in [0, 0.05) is 22.8 Å².